The van der Waals surface area contributed by atoms with Crippen molar-refractivity contribution in [2.45, 2.75) is 12.7 Å². The third-order valence-electron chi connectivity index (χ3n) is 3.82. The van der Waals surface area contributed by atoms with E-state index < -0.39 is 34.1 Å². The largest absolute Gasteiger partial charge is 0.354 e. The molecular formula is C19H22F2N2O3S2. The molecule has 0 saturated carbocycles. The number of anilines is 1. The topological polar surface area (TPSA) is 66.5 Å². The van der Waals surface area contributed by atoms with E-state index in [2.05, 4.69) is 5.32 Å². The van der Waals surface area contributed by atoms with Crippen molar-refractivity contribution in [3.63, 3.8) is 0 Å². The summed E-state index contributed by atoms with van der Waals surface area (Å²) in [5, 5.41) is 2.62. The number of amides is 1. The summed E-state index contributed by atoms with van der Waals surface area (Å²) in [5.74, 6) is -1.00. The predicted molar refractivity (Wildman–Crippen MR) is 109 cm³/mol. The van der Waals surface area contributed by atoms with E-state index in [1.54, 1.807) is 11.8 Å². The summed E-state index contributed by atoms with van der Waals surface area (Å²) in [5.41, 5.74) is 2.00. The Kier molecular flexibility index (Phi) is 7.82. The van der Waals surface area contributed by atoms with Crippen molar-refractivity contribution in [1.29, 1.82) is 0 Å². The molecule has 5 nitrogen and oxygen atoms in total. The summed E-state index contributed by atoms with van der Waals surface area (Å²) < 4.78 is 51.5. The molecular weight excluding hydrogens is 406 g/mol. The van der Waals surface area contributed by atoms with Gasteiger partial charge in [-0.2, -0.15) is 11.8 Å². The first-order valence-electron chi connectivity index (χ1n) is 8.49. The number of halogens is 2. The van der Waals surface area contributed by atoms with E-state index in [-0.39, 0.29) is 5.69 Å². The molecule has 0 atom stereocenters. The molecule has 0 saturated heterocycles. The molecule has 0 unspecified atom stereocenters. The lowest BCUT2D eigenvalue weighted by Gasteiger charge is -2.22. The highest BCUT2D eigenvalue weighted by atomic mass is 32.2. The van der Waals surface area contributed by atoms with Gasteiger partial charge in [0.05, 0.1) is 11.9 Å². The molecule has 0 bridgehead atoms. The minimum atomic E-state index is -3.92. The SMILES string of the molecule is Cc1ccc(CSCCNC(=O)CN(c2ccc(F)cc2F)S(C)(=O)=O)cc1. The zero-order chi connectivity index (χ0) is 20.7. The van der Waals surface area contributed by atoms with Crippen LogP contribution >= 0.6 is 11.8 Å². The van der Waals surface area contributed by atoms with Crippen molar-refractivity contribution in [2.75, 3.05) is 29.4 Å². The van der Waals surface area contributed by atoms with Crippen molar-refractivity contribution in [3.8, 4) is 0 Å². The Morgan fingerprint density at radius 2 is 1.82 bits per heavy atom. The zero-order valence-electron chi connectivity index (χ0n) is 15.6. The van der Waals surface area contributed by atoms with Crippen LogP contribution < -0.4 is 9.62 Å². The van der Waals surface area contributed by atoms with E-state index in [1.807, 2.05) is 31.2 Å². The first-order chi connectivity index (χ1) is 13.2. The van der Waals surface area contributed by atoms with Crippen LogP contribution in [0.15, 0.2) is 42.5 Å². The smallest absolute Gasteiger partial charge is 0.240 e. The van der Waals surface area contributed by atoms with Gasteiger partial charge in [0, 0.05) is 24.1 Å². The van der Waals surface area contributed by atoms with Crippen molar-refractivity contribution in [2.24, 2.45) is 0 Å². The maximum Gasteiger partial charge on any atom is 0.240 e. The number of thioether (sulfide) groups is 1. The fraction of sp³-hybridized carbons (Fsp3) is 0.316. The highest BCUT2D eigenvalue weighted by Gasteiger charge is 2.23. The minimum absolute atomic E-state index is 0.346. The summed E-state index contributed by atoms with van der Waals surface area (Å²) in [7, 11) is -3.92. The zero-order valence-corrected chi connectivity index (χ0v) is 17.2. The van der Waals surface area contributed by atoms with Crippen LogP contribution in [-0.2, 0) is 20.6 Å². The van der Waals surface area contributed by atoms with Crippen LogP contribution in [0, 0.1) is 18.6 Å². The van der Waals surface area contributed by atoms with Crippen LogP contribution in [0.3, 0.4) is 0 Å². The molecule has 0 fully saturated rings. The van der Waals surface area contributed by atoms with Gasteiger partial charge in [0.1, 0.15) is 18.2 Å². The average molecular weight is 429 g/mol. The molecule has 28 heavy (non-hydrogen) atoms. The molecule has 0 aliphatic heterocycles. The minimum Gasteiger partial charge on any atom is -0.354 e. The van der Waals surface area contributed by atoms with Gasteiger partial charge in [0.2, 0.25) is 15.9 Å². The van der Waals surface area contributed by atoms with Crippen molar-refractivity contribution in [3.05, 3.63) is 65.2 Å². The first-order valence-corrected chi connectivity index (χ1v) is 11.5. The van der Waals surface area contributed by atoms with Gasteiger partial charge in [-0.3, -0.25) is 9.10 Å². The standard InChI is InChI=1S/C19H22F2N2O3S2/c1-14-3-5-15(6-4-14)13-27-10-9-22-19(24)12-23(28(2,25)26)18-8-7-16(20)11-17(18)21/h3-8,11H,9-10,12-13H2,1-2H3,(H,22,24). The Morgan fingerprint density at radius 3 is 2.43 bits per heavy atom. The molecule has 2 rings (SSSR count). The lowest BCUT2D eigenvalue weighted by molar-refractivity contribution is -0.119. The molecule has 0 aliphatic carbocycles. The second-order valence-electron chi connectivity index (χ2n) is 6.25. The average Bonchev–Trinajstić information content (AvgIpc) is 2.61. The summed E-state index contributed by atoms with van der Waals surface area (Å²) in [6.45, 7) is 1.78. The van der Waals surface area contributed by atoms with Crippen molar-refractivity contribution >= 4 is 33.4 Å². The number of hydrogen-bond acceptors (Lipinski definition) is 4. The van der Waals surface area contributed by atoms with Gasteiger partial charge in [-0.05, 0) is 24.6 Å². The predicted octanol–water partition coefficient (Wildman–Crippen LogP) is 3.09. The molecule has 0 radical (unpaired) electrons. The molecule has 1 N–H and O–H groups in total. The second-order valence-corrected chi connectivity index (χ2v) is 9.27. The molecule has 2 aromatic rings. The number of aryl methyl sites for hydroxylation is 1. The van der Waals surface area contributed by atoms with E-state index in [0.717, 1.165) is 24.1 Å². The number of hydrogen-bond donors (Lipinski definition) is 1. The number of nitrogens with one attached hydrogen (secondary N) is 1. The fourth-order valence-electron chi connectivity index (χ4n) is 2.39. The highest BCUT2D eigenvalue weighted by Crippen LogP contribution is 2.22. The van der Waals surface area contributed by atoms with E-state index in [1.165, 1.54) is 11.1 Å². The van der Waals surface area contributed by atoms with Crippen LogP contribution in [-0.4, -0.2) is 39.4 Å². The Balaban J connectivity index is 1.85. The van der Waals surface area contributed by atoms with Crippen LogP contribution in [0.1, 0.15) is 11.1 Å². The molecule has 0 aliphatic rings. The monoisotopic (exact) mass is 428 g/mol. The van der Waals surface area contributed by atoms with Gasteiger partial charge in [-0.15, -0.1) is 0 Å². The third kappa shape index (κ3) is 6.79. The van der Waals surface area contributed by atoms with Gasteiger partial charge >= 0.3 is 0 Å². The number of carbonyl (C=O) groups excluding carboxylic acids is 1. The van der Waals surface area contributed by atoms with Gasteiger partial charge in [0.15, 0.2) is 0 Å². The quantitative estimate of drug-likeness (QED) is 0.624. The second kappa shape index (κ2) is 9.88. The van der Waals surface area contributed by atoms with Gasteiger partial charge in [-0.1, -0.05) is 29.8 Å². The summed E-state index contributed by atoms with van der Waals surface area (Å²) in [6.07, 6.45) is 0.862. The molecule has 2 aromatic carbocycles. The fourth-order valence-corrected chi connectivity index (χ4v) is 4.06. The summed E-state index contributed by atoms with van der Waals surface area (Å²) >= 11 is 1.63. The van der Waals surface area contributed by atoms with Crippen LogP contribution in [0.5, 0.6) is 0 Å². The first kappa shape index (κ1) is 22.2. The van der Waals surface area contributed by atoms with E-state index in [4.69, 9.17) is 0 Å². The lowest BCUT2D eigenvalue weighted by atomic mass is 10.2. The number of benzene rings is 2. The molecule has 0 heterocycles. The number of sulfonamides is 1. The number of rotatable bonds is 9. The van der Waals surface area contributed by atoms with E-state index >= 15 is 0 Å². The van der Waals surface area contributed by atoms with Crippen molar-refractivity contribution in [1.82, 2.24) is 5.32 Å². The maximum absolute atomic E-state index is 13.9. The molecule has 152 valence electrons. The Hall–Kier alpha value is -2.13. The van der Waals surface area contributed by atoms with E-state index in [0.29, 0.717) is 22.7 Å². The van der Waals surface area contributed by atoms with Gasteiger partial charge < -0.3 is 5.32 Å². The molecule has 0 aromatic heterocycles. The van der Waals surface area contributed by atoms with Crippen LogP contribution in [0.25, 0.3) is 0 Å². The van der Waals surface area contributed by atoms with Crippen LogP contribution in [0.4, 0.5) is 14.5 Å². The van der Waals surface area contributed by atoms with Gasteiger partial charge in [0.25, 0.3) is 0 Å². The molecule has 9 heteroatoms. The molecule has 1 amide bonds. The lowest BCUT2D eigenvalue weighted by Crippen LogP contribution is -2.41. The Bertz CT molecular complexity index is 919. The number of carbonyl (C=O) groups is 1. The Morgan fingerprint density at radius 1 is 1.14 bits per heavy atom. The maximum atomic E-state index is 13.9. The molecule has 0 spiro atoms. The third-order valence-corrected chi connectivity index (χ3v) is 5.98. The summed E-state index contributed by atoms with van der Waals surface area (Å²) in [6, 6.07) is 10.7. The Labute approximate surface area is 168 Å². The van der Waals surface area contributed by atoms with Crippen molar-refractivity contribution < 1.29 is 22.0 Å². The van der Waals surface area contributed by atoms with E-state index in [9.17, 15) is 22.0 Å². The van der Waals surface area contributed by atoms with Gasteiger partial charge in [-0.25, -0.2) is 17.2 Å². The normalized spacial score (nSPS) is 11.3. The van der Waals surface area contributed by atoms with Crippen LogP contribution in [0.2, 0.25) is 0 Å². The number of nitrogens with zero attached hydrogens (tertiary/aromatic N) is 1. The summed E-state index contributed by atoms with van der Waals surface area (Å²) in [4.78, 5) is 12.1. The highest BCUT2D eigenvalue weighted by molar-refractivity contribution is 7.98.